The maximum absolute atomic E-state index is 14.2. The maximum Gasteiger partial charge on any atom is 0.268 e. The van der Waals surface area contributed by atoms with E-state index in [9.17, 15) is 8.42 Å². The summed E-state index contributed by atoms with van der Waals surface area (Å²) in [5, 5.41) is 0.841. The lowest BCUT2D eigenvalue weighted by Gasteiger charge is -2.14. The number of imidazole rings is 1. The van der Waals surface area contributed by atoms with Gasteiger partial charge >= 0.3 is 0 Å². The smallest absolute Gasteiger partial charge is 0.268 e. The number of benzene rings is 3. The molecule has 178 valence electrons. The molecule has 36 heavy (non-hydrogen) atoms. The zero-order valence-corrected chi connectivity index (χ0v) is 20.2. The Bertz CT molecular complexity index is 1840. The number of rotatable bonds is 5. The molecule has 6 aromatic rings. The van der Waals surface area contributed by atoms with Gasteiger partial charge in [0.15, 0.2) is 11.5 Å². The summed E-state index contributed by atoms with van der Waals surface area (Å²) >= 11 is 0. The number of aromatic nitrogens is 5. The Morgan fingerprint density at radius 1 is 0.861 bits per heavy atom. The average molecular weight is 495 g/mol. The van der Waals surface area contributed by atoms with Crippen molar-refractivity contribution in [2.75, 3.05) is 5.73 Å². The third kappa shape index (κ3) is 3.44. The van der Waals surface area contributed by atoms with Crippen LogP contribution < -0.4 is 5.73 Å². The molecule has 0 aliphatic heterocycles. The zero-order chi connectivity index (χ0) is 24.9. The summed E-state index contributed by atoms with van der Waals surface area (Å²) in [6.45, 7) is 2.13. The highest BCUT2D eigenvalue weighted by molar-refractivity contribution is 7.90. The predicted molar refractivity (Wildman–Crippen MR) is 140 cm³/mol. The minimum Gasteiger partial charge on any atom is -0.382 e. The van der Waals surface area contributed by atoms with Gasteiger partial charge in [0, 0.05) is 10.9 Å². The molecule has 8 nitrogen and oxygen atoms in total. The molecule has 6 rings (SSSR count). The average Bonchev–Trinajstić information content (AvgIpc) is 3.45. The van der Waals surface area contributed by atoms with Crippen LogP contribution in [-0.4, -0.2) is 31.9 Å². The normalized spacial score (nSPS) is 11.9. The van der Waals surface area contributed by atoms with Gasteiger partial charge in [0.05, 0.1) is 29.0 Å². The summed E-state index contributed by atoms with van der Waals surface area (Å²) in [6, 6.07) is 24.3. The fourth-order valence-electron chi connectivity index (χ4n) is 4.60. The predicted octanol–water partition coefficient (Wildman–Crippen LogP) is 4.62. The summed E-state index contributed by atoms with van der Waals surface area (Å²) in [5.74, 6) is 0.273. The molecular formula is C27H22N6O2S. The van der Waals surface area contributed by atoms with E-state index in [0.29, 0.717) is 22.4 Å². The summed E-state index contributed by atoms with van der Waals surface area (Å²) in [6.07, 6.45) is 3.00. The molecule has 3 heterocycles. The van der Waals surface area contributed by atoms with E-state index in [4.69, 9.17) is 5.73 Å². The van der Waals surface area contributed by atoms with Gasteiger partial charge in [-0.25, -0.2) is 27.3 Å². The standard InChI is InChI=1S/C27H22N6O2S/c1-18-11-13-20(14-12-18)36(34,35)33-22-10-6-5-9-21(22)24(19-7-3-2-4-8-19)23(33)15-32-17-31-25-26(28)29-16-30-27(25)32/h2-14,16-17H,15H2,1H3,(H2,28,29,30). The monoisotopic (exact) mass is 494 g/mol. The first-order chi connectivity index (χ1) is 17.4. The summed E-state index contributed by atoms with van der Waals surface area (Å²) in [4.78, 5) is 13.0. The van der Waals surface area contributed by atoms with Crippen LogP contribution in [0.5, 0.6) is 0 Å². The molecule has 0 atom stereocenters. The Labute approximate surface area is 207 Å². The quantitative estimate of drug-likeness (QED) is 0.374. The first-order valence-electron chi connectivity index (χ1n) is 11.4. The third-order valence-corrected chi connectivity index (χ3v) is 8.06. The van der Waals surface area contributed by atoms with E-state index < -0.39 is 10.0 Å². The van der Waals surface area contributed by atoms with Crippen molar-refractivity contribution in [2.45, 2.75) is 18.4 Å². The lowest BCUT2D eigenvalue weighted by Crippen LogP contribution is -2.18. The van der Waals surface area contributed by atoms with Gasteiger partial charge in [-0.15, -0.1) is 0 Å². The topological polar surface area (TPSA) is 109 Å². The van der Waals surface area contributed by atoms with Crippen molar-refractivity contribution < 1.29 is 8.42 Å². The van der Waals surface area contributed by atoms with Crippen molar-refractivity contribution in [3.63, 3.8) is 0 Å². The lowest BCUT2D eigenvalue weighted by atomic mass is 10.0. The third-order valence-electron chi connectivity index (χ3n) is 6.30. The van der Waals surface area contributed by atoms with Crippen LogP contribution in [-0.2, 0) is 16.6 Å². The molecule has 0 fully saturated rings. The SMILES string of the molecule is Cc1ccc(S(=O)(=O)n2c(Cn3cnc4c(N)ncnc43)c(-c3ccccc3)c3ccccc32)cc1. The molecule has 0 aliphatic carbocycles. The molecule has 2 N–H and O–H groups in total. The van der Waals surface area contributed by atoms with E-state index in [1.807, 2.05) is 61.5 Å². The summed E-state index contributed by atoms with van der Waals surface area (Å²) < 4.78 is 31.6. The molecule has 0 radical (unpaired) electrons. The largest absolute Gasteiger partial charge is 0.382 e. The van der Waals surface area contributed by atoms with Gasteiger partial charge in [-0.3, -0.25) is 0 Å². The molecule has 0 saturated heterocycles. The minimum absolute atomic E-state index is 0.205. The maximum atomic E-state index is 14.2. The molecule has 9 heteroatoms. The van der Waals surface area contributed by atoms with Crippen molar-refractivity contribution in [1.29, 1.82) is 0 Å². The van der Waals surface area contributed by atoms with Crippen LogP contribution >= 0.6 is 0 Å². The van der Waals surface area contributed by atoms with Crippen LogP contribution in [0.3, 0.4) is 0 Å². The molecular weight excluding hydrogens is 472 g/mol. The molecule has 0 unspecified atom stereocenters. The highest BCUT2D eigenvalue weighted by atomic mass is 32.2. The number of fused-ring (bicyclic) bond motifs is 2. The molecule has 3 aromatic carbocycles. The van der Waals surface area contributed by atoms with Crippen molar-refractivity contribution in [2.24, 2.45) is 0 Å². The van der Waals surface area contributed by atoms with Crippen LogP contribution in [0.15, 0.2) is 96.4 Å². The van der Waals surface area contributed by atoms with Gasteiger partial charge in [-0.1, -0.05) is 66.2 Å². The fourth-order valence-corrected chi connectivity index (χ4v) is 6.15. The highest BCUT2D eigenvalue weighted by Gasteiger charge is 2.28. The molecule has 0 aliphatic rings. The van der Waals surface area contributed by atoms with E-state index in [-0.39, 0.29) is 17.3 Å². The van der Waals surface area contributed by atoms with Crippen LogP contribution in [0.2, 0.25) is 0 Å². The van der Waals surface area contributed by atoms with Crippen molar-refractivity contribution in [1.82, 2.24) is 23.5 Å². The fraction of sp³-hybridized carbons (Fsp3) is 0.0741. The second-order valence-corrected chi connectivity index (χ2v) is 10.4. The van der Waals surface area contributed by atoms with Gasteiger partial charge in [-0.05, 0) is 30.7 Å². The number of para-hydroxylation sites is 1. The van der Waals surface area contributed by atoms with E-state index in [2.05, 4.69) is 15.0 Å². The van der Waals surface area contributed by atoms with E-state index in [0.717, 1.165) is 22.1 Å². The number of aryl methyl sites for hydroxylation is 1. The number of anilines is 1. The van der Waals surface area contributed by atoms with E-state index in [1.165, 1.54) is 10.3 Å². The minimum atomic E-state index is -3.94. The first-order valence-corrected chi connectivity index (χ1v) is 12.8. The van der Waals surface area contributed by atoms with Gasteiger partial charge in [0.25, 0.3) is 10.0 Å². The molecule has 0 spiro atoms. The number of nitrogens with zero attached hydrogens (tertiary/aromatic N) is 5. The van der Waals surface area contributed by atoms with Gasteiger partial charge in [0.2, 0.25) is 0 Å². The molecule has 3 aromatic heterocycles. The Balaban J connectivity index is 1.69. The second-order valence-electron chi connectivity index (χ2n) is 8.59. The number of hydrogen-bond acceptors (Lipinski definition) is 6. The van der Waals surface area contributed by atoms with Crippen molar-refractivity contribution >= 4 is 37.9 Å². The Morgan fingerprint density at radius 3 is 2.36 bits per heavy atom. The highest BCUT2D eigenvalue weighted by Crippen LogP contribution is 2.38. The van der Waals surface area contributed by atoms with Crippen LogP contribution in [0, 0.1) is 6.92 Å². The van der Waals surface area contributed by atoms with Gasteiger partial charge in [0.1, 0.15) is 11.8 Å². The van der Waals surface area contributed by atoms with E-state index in [1.54, 1.807) is 35.2 Å². The Hall–Kier alpha value is -4.50. The van der Waals surface area contributed by atoms with Crippen molar-refractivity contribution in [3.8, 4) is 11.1 Å². The van der Waals surface area contributed by atoms with E-state index >= 15 is 0 Å². The van der Waals surface area contributed by atoms with Crippen LogP contribution in [0.25, 0.3) is 33.2 Å². The molecule has 0 bridgehead atoms. The number of hydrogen-bond donors (Lipinski definition) is 1. The number of nitrogen functional groups attached to an aromatic ring is 1. The first kappa shape index (κ1) is 22.0. The Kier molecular flexibility index (Phi) is 5.08. The van der Waals surface area contributed by atoms with Gasteiger partial charge in [-0.2, -0.15) is 0 Å². The molecule has 0 saturated carbocycles. The molecule has 0 amide bonds. The van der Waals surface area contributed by atoms with Crippen LogP contribution in [0.1, 0.15) is 11.3 Å². The summed E-state index contributed by atoms with van der Waals surface area (Å²) in [7, 11) is -3.94. The lowest BCUT2D eigenvalue weighted by molar-refractivity contribution is 0.585. The van der Waals surface area contributed by atoms with Crippen molar-refractivity contribution in [3.05, 3.63) is 103 Å². The Morgan fingerprint density at radius 2 is 1.58 bits per heavy atom. The summed E-state index contributed by atoms with van der Waals surface area (Å²) in [5.41, 5.74) is 11.0. The second kappa shape index (κ2) is 8.31. The number of nitrogens with two attached hydrogens (primary N) is 1. The zero-order valence-electron chi connectivity index (χ0n) is 19.4. The van der Waals surface area contributed by atoms with Crippen LogP contribution in [0.4, 0.5) is 5.82 Å². The van der Waals surface area contributed by atoms with Gasteiger partial charge < -0.3 is 10.3 Å².